The number of thioether (sulfide) groups is 1. The first-order valence-corrected chi connectivity index (χ1v) is 4.56. The Kier molecular flexibility index (Phi) is 3.72. The fraction of sp³-hybridized carbons (Fsp3) is 0. The van der Waals surface area contributed by atoms with Crippen LogP contribution in [0.4, 0.5) is 0 Å². The number of hydrogen-bond acceptors (Lipinski definition) is 2. The Morgan fingerprint density at radius 3 is 2.83 bits per heavy atom. The lowest BCUT2D eigenvalue weighted by Gasteiger charge is -1.94. The molecule has 1 aromatic rings. The fourth-order valence-electron chi connectivity index (χ4n) is 0.748. The number of hydrogen-bond donors (Lipinski definition) is 0. The van der Waals surface area contributed by atoms with Gasteiger partial charge in [0.2, 0.25) is 0 Å². The van der Waals surface area contributed by atoms with Gasteiger partial charge in [-0.25, -0.2) is 0 Å². The molecule has 0 aliphatic rings. The average Bonchev–Trinajstić information content (AvgIpc) is 2.09. The number of rotatable bonds is 2. The van der Waals surface area contributed by atoms with Crippen LogP contribution in [0.1, 0.15) is 5.56 Å². The maximum absolute atomic E-state index is 8.24. The Balaban J connectivity index is 2.77. The summed E-state index contributed by atoms with van der Waals surface area (Å²) in [4.78, 5) is 0. The van der Waals surface area contributed by atoms with E-state index >= 15 is 0 Å². The molecule has 0 fully saturated rings. The highest BCUT2D eigenvalue weighted by atomic mass is 35.5. The Labute approximate surface area is 80.7 Å². The van der Waals surface area contributed by atoms with Crippen molar-refractivity contribution in [1.82, 2.24) is 0 Å². The summed E-state index contributed by atoms with van der Waals surface area (Å²) >= 11 is 6.94. The van der Waals surface area contributed by atoms with Crippen LogP contribution in [0.3, 0.4) is 0 Å². The molecule has 0 aromatic heterocycles. The van der Waals surface area contributed by atoms with Crippen molar-refractivity contribution in [3.05, 3.63) is 40.3 Å². The standard InChI is InChI=1S/C9H6ClNS/c10-9-4-2-1-3-8(9)5-6-12-7-11/h1-6H/b6-5-. The van der Waals surface area contributed by atoms with Gasteiger partial charge in [-0.05, 0) is 34.9 Å². The van der Waals surface area contributed by atoms with Crippen molar-refractivity contribution in [2.24, 2.45) is 0 Å². The summed E-state index contributed by atoms with van der Waals surface area (Å²) in [6.07, 6.45) is 1.82. The van der Waals surface area contributed by atoms with E-state index in [2.05, 4.69) is 0 Å². The Morgan fingerprint density at radius 1 is 1.42 bits per heavy atom. The van der Waals surface area contributed by atoms with Crippen molar-refractivity contribution in [2.45, 2.75) is 0 Å². The summed E-state index contributed by atoms with van der Waals surface area (Å²) in [7, 11) is 0. The van der Waals surface area contributed by atoms with Crippen molar-refractivity contribution in [1.29, 1.82) is 5.26 Å². The molecule has 0 heterocycles. The first-order chi connectivity index (χ1) is 5.84. The van der Waals surface area contributed by atoms with Crippen LogP contribution in [-0.2, 0) is 0 Å². The lowest BCUT2D eigenvalue weighted by Crippen LogP contribution is -1.71. The summed E-state index contributed by atoms with van der Waals surface area (Å²) in [5.41, 5.74) is 0.932. The summed E-state index contributed by atoms with van der Waals surface area (Å²) in [6, 6.07) is 7.49. The highest BCUT2D eigenvalue weighted by Crippen LogP contribution is 2.17. The predicted octanol–water partition coefficient (Wildman–Crippen LogP) is 3.52. The van der Waals surface area contributed by atoms with Crippen LogP contribution >= 0.6 is 23.4 Å². The largest absolute Gasteiger partial charge is 0.185 e. The van der Waals surface area contributed by atoms with Gasteiger partial charge >= 0.3 is 0 Å². The third-order valence-corrected chi connectivity index (χ3v) is 2.00. The minimum Gasteiger partial charge on any atom is -0.185 e. The van der Waals surface area contributed by atoms with Crippen LogP contribution in [0, 0.1) is 10.7 Å². The molecule has 0 radical (unpaired) electrons. The fourth-order valence-corrected chi connectivity index (χ4v) is 1.22. The number of nitrogens with zero attached hydrogens (tertiary/aromatic N) is 1. The molecule has 0 spiro atoms. The summed E-state index contributed by atoms with van der Waals surface area (Å²) in [5.74, 6) is 0. The van der Waals surface area contributed by atoms with Crippen molar-refractivity contribution < 1.29 is 0 Å². The maximum Gasteiger partial charge on any atom is 0.137 e. The van der Waals surface area contributed by atoms with Gasteiger partial charge in [-0.3, -0.25) is 0 Å². The first kappa shape index (κ1) is 9.18. The zero-order valence-electron chi connectivity index (χ0n) is 6.20. The third-order valence-electron chi connectivity index (χ3n) is 1.27. The molecule has 0 aliphatic carbocycles. The minimum absolute atomic E-state index is 0.701. The molecule has 3 heteroatoms. The molecule has 0 unspecified atom stereocenters. The molecular formula is C9H6ClNS. The van der Waals surface area contributed by atoms with Gasteiger partial charge < -0.3 is 0 Å². The molecular weight excluding hydrogens is 190 g/mol. The SMILES string of the molecule is N#CS/C=C\c1ccccc1Cl. The Morgan fingerprint density at radius 2 is 2.17 bits per heavy atom. The Bertz CT molecular complexity index is 328. The van der Waals surface area contributed by atoms with E-state index < -0.39 is 0 Å². The third kappa shape index (κ3) is 2.61. The van der Waals surface area contributed by atoms with Crippen LogP contribution in [0.15, 0.2) is 29.7 Å². The molecule has 0 saturated heterocycles. The van der Waals surface area contributed by atoms with Gasteiger partial charge in [0.05, 0.1) is 0 Å². The van der Waals surface area contributed by atoms with Gasteiger partial charge in [-0.1, -0.05) is 29.8 Å². The van der Waals surface area contributed by atoms with Crippen LogP contribution in [0.5, 0.6) is 0 Å². The van der Waals surface area contributed by atoms with Gasteiger partial charge in [-0.15, -0.1) is 0 Å². The van der Waals surface area contributed by atoms with Crippen LogP contribution in [0.25, 0.3) is 6.08 Å². The second-order valence-electron chi connectivity index (χ2n) is 2.03. The number of halogens is 1. The van der Waals surface area contributed by atoms with E-state index in [1.165, 1.54) is 0 Å². The maximum atomic E-state index is 8.24. The van der Waals surface area contributed by atoms with E-state index in [1.807, 2.05) is 35.7 Å². The van der Waals surface area contributed by atoms with Gasteiger partial charge in [-0.2, -0.15) is 5.26 Å². The summed E-state index contributed by atoms with van der Waals surface area (Å²) in [6.45, 7) is 0. The zero-order valence-corrected chi connectivity index (χ0v) is 7.77. The normalized spacial score (nSPS) is 10.0. The van der Waals surface area contributed by atoms with Gasteiger partial charge in [0.15, 0.2) is 0 Å². The number of thiocyanates is 1. The quantitative estimate of drug-likeness (QED) is 0.675. The molecule has 0 aliphatic heterocycles. The van der Waals surface area contributed by atoms with Crippen LogP contribution < -0.4 is 0 Å². The zero-order chi connectivity index (χ0) is 8.81. The molecule has 0 amide bonds. The lowest BCUT2D eigenvalue weighted by molar-refractivity contribution is 1.57. The molecule has 0 atom stereocenters. The van der Waals surface area contributed by atoms with E-state index in [1.54, 1.807) is 5.41 Å². The van der Waals surface area contributed by atoms with E-state index in [-0.39, 0.29) is 0 Å². The van der Waals surface area contributed by atoms with Gasteiger partial charge in [0.1, 0.15) is 5.40 Å². The molecule has 0 bridgehead atoms. The molecule has 0 N–H and O–H groups in total. The van der Waals surface area contributed by atoms with Crippen molar-refractivity contribution >= 4 is 29.4 Å². The highest BCUT2D eigenvalue weighted by molar-refractivity contribution is 8.06. The second-order valence-corrected chi connectivity index (χ2v) is 3.13. The molecule has 12 heavy (non-hydrogen) atoms. The highest BCUT2D eigenvalue weighted by Gasteiger charge is 1.91. The monoisotopic (exact) mass is 195 g/mol. The summed E-state index contributed by atoms with van der Waals surface area (Å²) < 4.78 is 0. The average molecular weight is 196 g/mol. The van der Waals surface area contributed by atoms with Crippen molar-refractivity contribution in [2.75, 3.05) is 0 Å². The molecule has 1 aromatic carbocycles. The number of nitriles is 1. The predicted molar refractivity (Wildman–Crippen MR) is 53.7 cm³/mol. The lowest BCUT2D eigenvalue weighted by atomic mass is 10.2. The smallest absolute Gasteiger partial charge is 0.137 e. The summed E-state index contributed by atoms with van der Waals surface area (Å²) in [5, 5.41) is 12.6. The van der Waals surface area contributed by atoms with Crippen LogP contribution in [-0.4, -0.2) is 0 Å². The van der Waals surface area contributed by atoms with E-state index in [0.717, 1.165) is 17.3 Å². The number of benzene rings is 1. The van der Waals surface area contributed by atoms with Crippen molar-refractivity contribution in [3.63, 3.8) is 0 Å². The molecule has 0 saturated carbocycles. The van der Waals surface area contributed by atoms with Gasteiger partial charge in [0, 0.05) is 5.02 Å². The first-order valence-electron chi connectivity index (χ1n) is 3.30. The van der Waals surface area contributed by atoms with Crippen LogP contribution in [0.2, 0.25) is 5.02 Å². The second kappa shape index (κ2) is 4.87. The Hall–Kier alpha value is -0.910. The molecule has 1 rings (SSSR count). The molecule has 1 nitrogen and oxygen atoms in total. The van der Waals surface area contributed by atoms with E-state index in [9.17, 15) is 0 Å². The molecule has 60 valence electrons. The minimum atomic E-state index is 0.701. The van der Waals surface area contributed by atoms with Gasteiger partial charge in [0.25, 0.3) is 0 Å². The van der Waals surface area contributed by atoms with Crippen molar-refractivity contribution in [3.8, 4) is 5.40 Å². The van der Waals surface area contributed by atoms with E-state index in [4.69, 9.17) is 16.9 Å². The van der Waals surface area contributed by atoms with E-state index in [0.29, 0.717) is 5.02 Å². The topological polar surface area (TPSA) is 23.8 Å².